The second-order valence-corrected chi connectivity index (χ2v) is 8.62. The molecule has 29 heavy (non-hydrogen) atoms. The van der Waals surface area contributed by atoms with Gasteiger partial charge in [-0.2, -0.15) is 0 Å². The van der Waals surface area contributed by atoms with Crippen LogP contribution in [0.25, 0.3) is 0 Å². The molecule has 3 aliphatic rings. The fourth-order valence-electron chi connectivity index (χ4n) is 5.40. The lowest BCUT2D eigenvalue weighted by Crippen LogP contribution is -2.57. The Morgan fingerprint density at radius 2 is 1.79 bits per heavy atom. The Balaban J connectivity index is 0.00000205. The fraction of sp³-hybridized carbons (Fsp3) is 0.435. The monoisotopic (exact) mass is 431 g/mol. The summed E-state index contributed by atoms with van der Waals surface area (Å²) in [4.78, 5) is 17.7. The zero-order valence-corrected chi connectivity index (χ0v) is 18.0. The number of hydrogen-bond donors (Lipinski definition) is 1. The summed E-state index contributed by atoms with van der Waals surface area (Å²) in [6.07, 6.45) is 5.16. The first-order valence-corrected chi connectivity index (χ1v) is 10.7. The summed E-state index contributed by atoms with van der Waals surface area (Å²) in [7, 11) is 0. The molecule has 1 atom stereocenters. The Hall–Kier alpha value is -1.75. The molecular weight excluding hydrogens is 405 g/mol. The molecule has 2 aromatic carbocycles. The number of carbonyl (C=O) groups is 1. The number of fused-ring (bicyclic) bond motifs is 1. The quantitative estimate of drug-likeness (QED) is 0.756. The average molecular weight is 432 g/mol. The van der Waals surface area contributed by atoms with Gasteiger partial charge in [0, 0.05) is 29.8 Å². The Labute approximate surface area is 183 Å². The van der Waals surface area contributed by atoms with Crippen molar-refractivity contribution in [3.63, 3.8) is 0 Å². The first kappa shape index (κ1) is 20.5. The summed E-state index contributed by atoms with van der Waals surface area (Å²) >= 11 is 6.47. The summed E-state index contributed by atoms with van der Waals surface area (Å²) in [5.41, 5.74) is 3.43. The normalized spacial score (nSPS) is 23.4. The van der Waals surface area contributed by atoms with E-state index in [1.165, 1.54) is 24.0 Å². The predicted octanol–water partition coefficient (Wildman–Crippen LogP) is 4.57. The molecule has 2 fully saturated rings. The van der Waals surface area contributed by atoms with E-state index in [9.17, 15) is 4.79 Å². The van der Waals surface area contributed by atoms with E-state index in [1.807, 2.05) is 24.3 Å². The lowest BCUT2D eigenvalue weighted by molar-refractivity contribution is -0.125. The van der Waals surface area contributed by atoms with Gasteiger partial charge in [-0.05, 0) is 61.4 Å². The Kier molecular flexibility index (Phi) is 5.78. The van der Waals surface area contributed by atoms with E-state index in [-0.39, 0.29) is 18.3 Å². The van der Waals surface area contributed by atoms with Gasteiger partial charge in [0.1, 0.15) is 5.54 Å². The van der Waals surface area contributed by atoms with Gasteiger partial charge in [-0.25, -0.2) is 0 Å². The van der Waals surface area contributed by atoms with Crippen molar-refractivity contribution in [3.05, 3.63) is 64.7 Å². The molecule has 0 aromatic heterocycles. The van der Waals surface area contributed by atoms with Gasteiger partial charge in [0.05, 0.1) is 6.67 Å². The third-order valence-corrected chi connectivity index (χ3v) is 7.24. The zero-order chi connectivity index (χ0) is 19.1. The maximum atomic E-state index is 12.9. The second kappa shape index (κ2) is 8.17. The maximum Gasteiger partial charge on any atom is 0.247 e. The highest BCUT2D eigenvalue weighted by atomic mass is 35.5. The van der Waals surface area contributed by atoms with Crippen molar-refractivity contribution in [1.29, 1.82) is 0 Å². The minimum absolute atomic E-state index is 0. The molecule has 2 heterocycles. The molecule has 0 bridgehead atoms. The second-order valence-electron chi connectivity index (χ2n) is 8.21. The summed E-state index contributed by atoms with van der Waals surface area (Å²) < 4.78 is 0. The van der Waals surface area contributed by atoms with Crippen molar-refractivity contribution >= 4 is 35.6 Å². The third kappa shape index (κ3) is 3.41. The van der Waals surface area contributed by atoms with E-state index in [2.05, 4.69) is 39.4 Å². The standard InChI is InChI=1S/C23H26ClN3O.ClH/c24-20-10-4-9-19-18(20)8-5-11-21(19)26-14-12-23(13-15-26)22(28)25-16-27(23)17-6-2-1-3-7-17;/h1-4,6-7,9-10,21H,5,8,11-16H2,(H,25,28);1H. The molecule has 1 amide bonds. The van der Waals surface area contributed by atoms with E-state index in [1.54, 1.807) is 0 Å². The first-order chi connectivity index (χ1) is 13.7. The maximum absolute atomic E-state index is 12.9. The number of benzene rings is 2. The summed E-state index contributed by atoms with van der Waals surface area (Å²) in [5.74, 6) is 0.183. The van der Waals surface area contributed by atoms with E-state index in [4.69, 9.17) is 11.6 Å². The number of para-hydroxylation sites is 1. The van der Waals surface area contributed by atoms with Crippen molar-refractivity contribution in [3.8, 4) is 0 Å². The van der Waals surface area contributed by atoms with E-state index in [0.717, 1.165) is 43.1 Å². The number of nitrogens with one attached hydrogen (secondary N) is 1. The van der Waals surface area contributed by atoms with Gasteiger partial charge in [0.2, 0.25) is 5.91 Å². The Morgan fingerprint density at radius 1 is 1.03 bits per heavy atom. The lowest BCUT2D eigenvalue weighted by Gasteiger charge is -2.46. The minimum atomic E-state index is -0.413. The molecular formula is C23H27Cl2N3O. The van der Waals surface area contributed by atoms with Crippen LogP contribution in [-0.4, -0.2) is 36.1 Å². The molecule has 2 aromatic rings. The number of piperidine rings is 1. The highest BCUT2D eigenvalue weighted by Crippen LogP contribution is 2.42. The van der Waals surface area contributed by atoms with Gasteiger partial charge >= 0.3 is 0 Å². The van der Waals surface area contributed by atoms with Crippen LogP contribution in [0.2, 0.25) is 5.02 Å². The van der Waals surface area contributed by atoms with Gasteiger partial charge in [-0.3, -0.25) is 9.69 Å². The number of nitrogens with zero attached hydrogens (tertiary/aromatic N) is 2. The number of amides is 1. The minimum Gasteiger partial charge on any atom is -0.339 e. The van der Waals surface area contributed by atoms with Crippen molar-refractivity contribution in [2.24, 2.45) is 0 Å². The Bertz CT molecular complexity index is 881. The number of anilines is 1. The number of hydrogen-bond acceptors (Lipinski definition) is 3. The van der Waals surface area contributed by atoms with E-state index >= 15 is 0 Å². The number of halogens is 2. The van der Waals surface area contributed by atoms with Crippen LogP contribution in [-0.2, 0) is 11.2 Å². The molecule has 4 nitrogen and oxygen atoms in total. The summed E-state index contributed by atoms with van der Waals surface area (Å²) in [5, 5.41) is 4.00. The van der Waals surface area contributed by atoms with Crippen molar-refractivity contribution in [2.75, 3.05) is 24.7 Å². The van der Waals surface area contributed by atoms with Crippen LogP contribution in [0.3, 0.4) is 0 Å². The molecule has 1 N–H and O–H groups in total. The van der Waals surface area contributed by atoms with Crippen molar-refractivity contribution < 1.29 is 4.79 Å². The summed E-state index contributed by atoms with van der Waals surface area (Å²) in [6.45, 7) is 2.48. The largest absolute Gasteiger partial charge is 0.339 e. The lowest BCUT2D eigenvalue weighted by atomic mass is 9.82. The molecule has 6 heteroatoms. The van der Waals surface area contributed by atoms with Gasteiger partial charge < -0.3 is 10.2 Å². The summed E-state index contributed by atoms with van der Waals surface area (Å²) in [6, 6.07) is 17.1. The predicted molar refractivity (Wildman–Crippen MR) is 120 cm³/mol. The molecule has 2 aliphatic heterocycles. The highest BCUT2D eigenvalue weighted by molar-refractivity contribution is 6.31. The fourth-order valence-corrected chi connectivity index (χ4v) is 5.67. The van der Waals surface area contributed by atoms with Crippen LogP contribution in [0.1, 0.15) is 42.9 Å². The molecule has 1 unspecified atom stereocenters. The molecule has 5 rings (SSSR count). The van der Waals surface area contributed by atoms with E-state index in [0.29, 0.717) is 12.7 Å². The van der Waals surface area contributed by atoms with Crippen LogP contribution in [0.5, 0.6) is 0 Å². The van der Waals surface area contributed by atoms with Crippen LogP contribution < -0.4 is 10.2 Å². The van der Waals surface area contributed by atoms with Gasteiger partial charge in [0.15, 0.2) is 0 Å². The number of likely N-dealkylation sites (tertiary alicyclic amines) is 1. The molecule has 0 radical (unpaired) electrons. The van der Waals surface area contributed by atoms with Crippen molar-refractivity contribution in [2.45, 2.75) is 43.7 Å². The van der Waals surface area contributed by atoms with Gasteiger partial charge in [-0.1, -0.05) is 41.9 Å². The highest BCUT2D eigenvalue weighted by Gasteiger charge is 2.51. The third-order valence-electron chi connectivity index (χ3n) is 6.89. The molecule has 1 aliphatic carbocycles. The number of carbonyl (C=O) groups excluding carboxylic acids is 1. The van der Waals surface area contributed by atoms with E-state index < -0.39 is 5.54 Å². The number of rotatable bonds is 2. The SMILES string of the molecule is Cl.O=C1NCN(c2ccccc2)C12CCN(C1CCCc3c(Cl)cccc31)CC2. The first-order valence-electron chi connectivity index (χ1n) is 10.3. The van der Waals surface area contributed by atoms with Crippen LogP contribution >= 0.6 is 24.0 Å². The topological polar surface area (TPSA) is 35.6 Å². The van der Waals surface area contributed by atoms with Crippen molar-refractivity contribution in [1.82, 2.24) is 10.2 Å². The Morgan fingerprint density at radius 3 is 2.55 bits per heavy atom. The van der Waals surface area contributed by atoms with Gasteiger partial charge in [0.25, 0.3) is 0 Å². The zero-order valence-electron chi connectivity index (χ0n) is 16.4. The average Bonchev–Trinajstić information content (AvgIpc) is 3.05. The molecule has 2 saturated heterocycles. The van der Waals surface area contributed by atoms with Gasteiger partial charge in [-0.15, -0.1) is 12.4 Å². The van der Waals surface area contributed by atoms with Crippen LogP contribution in [0.4, 0.5) is 5.69 Å². The van der Waals surface area contributed by atoms with Crippen LogP contribution in [0.15, 0.2) is 48.5 Å². The molecule has 154 valence electrons. The molecule has 0 saturated carbocycles. The van der Waals surface area contributed by atoms with Crippen LogP contribution in [0, 0.1) is 0 Å². The molecule has 1 spiro atoms. The smallest absolute Gasteiger partial charge is 0.247 e.